The van der Waals surface area contributed by atoms with Crippen molar-refractivity contribution >= 4 is 0 Å². The average molecular weight is 136 g/mol. The van der Waals surface area contributed by atoms with Crippen LogP contribution in [0.1, 0.15) is 18.3 Å². The van der Waals surface area contributed by atoms with Gasteiger partial charge in [-0.2, -0.15) is 0 Å². The highest BCUT2D eigenvalue weighted by Gasteiger charge is 2.06. The lowest BCUT2D eigenvalue weighted by Gasteiger charge is -2.00. The maximum atomic E-state index is 9.17. The maximum absolute atomic E-state index is 9.17. The highest BCUT2D eigenvalue weighted by molar-refractivity contribution is 5.04. The van der Waals surface area contributed by atoms with Crippen molar-refractivity contribution in [2.24, 2.45) is 0 Å². The third-order valence-corrected chi connectivity index (χ3v) is 1.18. The predicted octanol–water partition coefficient (Wildman–Crippen LogP) is 1.34. The number of terminal acetylenes is 1. The molecule has 1 atom stereocenters. The molecule has 0 aliphatic rings. The maximum Gasteiger partial charge on any atom is 0.133 e. The number of rotatable bonds is 2. The van der Waals surface area contributed by atoms with Crippen LogP contribution in [-0.2, 0) is 0 Å². The number of hydrogen-bond acceptors (Lipinski definition) is 2. The van der Waals surface area contributed by atoms with Crippen LogP contribution in [0, 0.1) is 12.3 Å². The molecule has 1 N–H and O–H groups in total. The number of hydrogen-bond donors (Lipinski definition) is 1. The van der Waals surface area contributed by atoms with Gasteiger partial charge in [-0.3, -0.25) is 0 Å². The summed E-state index contributed by atoms with van der Waals surface area (Å²) in [7, 11) is 0. The molecule has 1 heterocycles. The first-order valence-electron chi connectivity index (χ1n) is 2.99. The number of furan rings is 1. The van der Waals surface area contributed by atoms with Crippen LogP contribution in [-0.4, -0.2) is 5.11 Å². The summed E-state index contributed by atoms with van der Waals surface area (Å²) in [6.45, 7) is 0. The normalized spacial score (nSPS) is 12.4. The topological polar surface area (TPSA) is 33.4 Å². The fraction of sp³-hybridized carbons (Fsp3) is 0.250. The molecule has 0 spiro atoms. The fourth-order valence-electron chi connectivity index (χ4n) is 0.693. The van der Waals surface area contributed by atoms with E-state index in [2.05, 4.69) is 5.92 Å². The van der Waals surface area contributed by atoms with E-state index >= 15 is 0 Å². The minimum Gasteiger partial charge on any atom is -0.467 e. The monoisotopic (exact) mass is 136 g/mol. The molecule has 52 valence electrons. The summed E-state index contributed by atoms with van der Waals surface area (Å²) >= 11 is 0. The van der Waals surface area contributed by atoms with Crippen LogP contribution in [0.25, 0.3) is 0 Å². The van der Waals surface area contributed by atoms with E-state index in [1.807, 2.05) is 0 Å². The molecule has 0 radical (unpaired) electrons. The molecule has 0 aliphatic carbocycles. The largest absolute Gasteiger partial charge is 0.467 e. The Morgan fingerprint density at radius 1 is 1.80 bits per heavy atom. The third kappa shape index (κ3) is 1.40. The van der Waals surface area contributed by atoms with Crippen molar-refractivity contribution in [3.8, 4) is 12.3 Å². The molecule has 1 unspecified atom stereocenters. The zero-order chi connectivity index (χ0) is 7.40. The molecule has 0 bridgehead atoms. The Morgan fingerprint density at radius 3 is 3.10 bits per heavy atom. The summed E-state index contributed by atoms with van der Waals surface area (Å²) < 4.78 is 4.90. The Kier molecular flexibility index (Phi) is 2.14. The average Bonchev–Trinajstić information content (AvgIpc) is 2.38. The van der Waals surface area contributed by atoms with Crippen LogP contribution < -0.4 is 0 Å². The molecule has 0 saturated carbocycles. The highest BCUT2D eigenvalue weighted by Crippen LogP contribution is 2.15. The van der Waals surface area contributed by atoms with E-state index in [-0.39, 0.29) is 0 Å². The molecule has 1 aromatic rings. The van der Waals surface area contributed by atoms with Gasteiger partial charge in [0, 0.05) is 6.42 Å². The smallest absolute Gasteiger partial charge is 0.133 e. The summed E-state index contributed by atoms with van der Waals surface area (Å²) in [5.74, 6) is 2.87. The van der Waals surface area contributed by atoms with Crippen molar-refractivity contribution in [2.45, 2.75) is 12.5 Å². The predicted molar refractivity (Wildman–Crippen MR) is 37.1 cm³/mol. The standard InChI is InChI=1S/C8H8O2/c1-2-4-7(9)8-5-3-6-10-8/h1,3,5-7,9H,4H2. The van der Waals surface area contributed by atoms with E-state index in [0.29, 0.717) is 12.2 Å². The van der Waals surface area contributed by atoms with Gasteiger partial charge in [0.25, 0.3) is 0 Å². The Bertz CT molecular complexity index is 218. The zero-order valence-corrected chi connectivity index (χ0v) is 5.45. The summed E-state index contributed by atoms with van der Waals surface area (Å²) in [5, 5.41) is 9.17. The molecule has 0 aromatic carbocycles. The van der Waals surface area contributed by atoms with Crippen LogP contribution in [0.5, 0.6) is 0 Å². The molecule has 0 fully saturated rings. The molecule has 0 saturated heterocycles. The van der Waals surface area contributed by atoms with Crippen molar-refractivity contribution in [2.75, 3.05) is 0 Å². The minimum absolute atomic E-state index is 0.299. The molecule has 0 amide bonds. The highest BCUT2D eigenvalue weighted by atomic mass is 16.4. The van der Waals surface area contributed by atoms with Crippen LogP contribution in [0.4, 0.5) is 0 Å². The lowest BCUT2D eigenvalue weighted by molar-refractivity contribution is 0.155. The van der Waals surface area contributed by atoms with Crippen LogP contribution in [0.15, 0.2) is 22.8 Å². The summed E-state index contributed by atoms with van der Waals surface area (Å²) in [6, 6.07) is 3.41. The second-order valence-electron chi connectivity index (χ2n) is 1.94. The summed E-state index contributed by atoms with van der Waals surface area (Å²) in [4.78, 5) is 0. The molecular formula is C8H8O2. The molecule has 1 aromatic heterocycles. The van der Waals surface area contributed by atoms with Crippen molar-refractivity contribution in [1.29, 1.82) is 0 Å². The van der Waals surface area contributed by atoms with E-state index in [4.69, 9.17) is 10.8 Å². The Hall–Kier alpha value is -1.20. The van der Waals surface area contributed by atoms with E-state index in [1.54, 1.807) is 12.1 Å². The molecule has 0 aliphatic heterocycles. The van der Waals surface area contributed by atoms with Crippen molar-refractivity contribution in [1.82, 2.24) is 0 Å². The molecule has 10 heavy (non-hydrogen) atoms. The van der Waals surface area contributed by atoms with Crippen LogP contribution in [0.2, 0.25) is 0 Å². The molecular weight excluding hydrogens is 128 g/mol. The molecule has 2 nitrogen and oxygen atoms in total. The van der Waals surface area contributed by atoms with Gasteiger partial charge in [-0.15, -0.1) is 12.3 Å². The van der Waals surface area contributed by atoms with E-state index in [0.717, 1.165) is 0 Å². The van der Waals surface area contributed by atoms with Gasteiger partial charge in [0.1, 0.15) is 11.9 Å². The second-order valence-corrected chi connectivity index (χ2v) is 1.94. The fourth-order valence-corrected chi connectivity index (χ4v) is 0.693. The van der Waals surface area contributed by atoms with Gasteiger partial charge in [0.2, 0.25) is 0 Å². The second kappa shape index (κ2) is 3.09. The van der Waals surface area contributed by atoms with Gasteiger partial charge in [-0.1, -0.05) is 0 Å². The summed E-state index contributed by atoms with van der Waals surface area (Å²) in [6.07, 6.45) is 6.14. The van der Waals surface area contributed by atoms with E-state index < -0.39 is 6.10 Å². The van der Waals surface area contributed by atoms with Crippen molar-refractivity contribution in [3.05, 3.63) is 24.2 Å². The zero-order valence-electron chi connectivity index (χ0n) is 5.45. The molecule has 2 heteroatoms. The number of aliphatic hydroxyl groups excluding tert-OH is 1. The van der Waals surface area contributed by atoms with Gasteiger partial charge in [-0.25, -0.2) is 0 Å². The number of aliphatic hydroxyl groups is 1. The Balaban J connectivity index is 2.61. The van der Waals surface area contributed by atoms with Crippen molar-refractivity contribution in [3.63, 3.8) is 0 Å². The van der Waals surface area contributed by atoms with Gasteiger partial charge >= 0.3 is 0 Å². The quantitative estimate of drug-likeness (QED) is 0.622. The molecule has 1 rings (SSSR count). The van der Waals surface area contributed by atoms with Gasteiger partial charge in [0.15, 0.2) is 0 Å². The first kappa shape index (κ1) is 6.91. The summed E-state index contributed by atoms with van der Waals surface area (Å²) in [5.41, 5.74) is 0. The van der Waals surface area contributed by atoms with E-state index in [1.165, 1.54) is 6.26 Å². The van der Waals surface area contributed by atoms with Gasteiger partial charge < -0.3 is 9.52 Å². The first-order valence-corrected chi connectivity index (χ1v) is 2.99. The van der Waals surface area contributed by atoms with Crippen molar-refractivity contribution < 1.29 is 9.52 Å². The Labute approximate surface area is 59.5 Å². The third-order valence-electron chi connectivity index (χ3n) is 1.18. The first-order chi connectivity index (χ1) is 4.84. The SMILES string of the molecule is C#CCC(O)c1ccco1. The van der Waals surface area contributed by atoms with E-state index in [9.17, 15) is 5.11 Å². The minimum atomic E-state index is -0.653. The lowest BCUT2D eigenvalue weighted by Crippen LogP contribution is -1.92. The Morgan fingerprint density at radius 2 is 2.60 bits per heavy atom. The van der Waals surface area contributed by atoms with Crippen LogP contribution in [0.3, 0.4) is 0 Å². The van der Waals surface area contributed by atoms with Crippen LogP contribution >= 0.6 is 0 Å². The lowest BCUT2D eigenvalue weighted by atomic mass is 10.2. The van der Waals surface area contributed by atoms with Gasteiger partial charge in [-0.05, 0) is 12.1 Å². The van der Waals surface area contributed by atoms with Gasteiger partial charge in [0.05, 0.1) is 6.26 Å².